The molecule has 1 unspecified atom stereocenters. The van der Waals surface area contributed by atoms with Gasteiger partial charge in [-0.3, -0.25) is 4.68 Å². The highest BCUT2D eigenvalue weighted by Crippen LogP contribution is 2.24. The van der Waals surface area contributed by atoms with Crippen LogP contribution in [0.25, 0.3) is 0 Å². The summed E-state index contributed by atoms with van der Waals surface area (Å²) in [4.78, 5) is 0. The number of methoxy groups -OCH3 is 1. The average molecular weight is 259 g/mol. The van der Waals surface area contributed by atoms with E-state index in [9.17, 15) is 0 Å². The van der Waals surface area contributed by atoms with Crippen molar-refractivity contribution in [1.82, 2.24) is 9.78 Å². The minimum Gasteiger partial charge on any atom is -0.496 e. The molecule has 1 heterocycles. The molecule has 0 aliphatic heterocycles. The molecule has 0 amide bonds. The molecule has 0 radical (unpaired) electrons. The lowest BCUT2D eigenvalue weighted by atomic mass is 9.99. The molecule has 0 saturated heterocycles. The van der Waals surface area contributed by atoms with E-state index < -0.39 is 0 Å². The first kappa shape index (κ1) is 13.6. The van der Waals surface area contributed by atoms with E-state index in [1.807, 2.05) is 37.1 Å². The molecule has 0 aliphatic rings. The van der Waals surface area contributed by atoms with Crippen LogP contribution in [-0.2, 0) is 13.5 Å². The van der Waals surface area contributed by atoms with E-state index in [-0.39, 0.29) is 6.04 Å². The van der Waals surface area contributed by atoms with E-state index >= 15 is 0 Å². The van der Waals surface area contributed by atoms with Gasteiger partial charge >= 0.3 is 0 Å². The van der Waals surface area contributed by atoms with Crippen LogP contribution in [0.4, 0.5) is 0 Å². The van der Waals surface area contributed by atoms with Crippen molar-refractivity contribution in [3.8, 4) is 5.75 Å². The van der Waals surface area contributed by atoms with Gasteiger partial charge in [-0.05, 0) is 42.5 Å². The van der Waals surface area contributed by atoms with Crippen LogP contribution < -0.4 is 10.5 Å². The maximum absolute atomic E-state index is 6.24. The van der Waals surface area contributed by atoms with Crippen LogP contribution in [0.2, 0.25) is 0 Å². The largest absolute Gasteiger partial charge is 0.496 e. The summed E-state index contributed by atoms with van der Waals surface area (Å²) in [5.74, 6) is 0.898. The van der Waals surface area contributed by atoms with Crippen molar-refractivity contribution in [3.05, 3.63) is 47.3 Å². The van der Waals surface area contributed by atoms with Gasteiger partial charge < -0.3 is 10.5 Å². The number of ether oxygens (including phenoxy) is 1. The predicted molar refractivity (Wildman–Crippen MR) is 76.2 cm³/mol. The summed E-state index contributed by atoms with van der Waals surface area (Å²) >= 11 is 0. The molecule has 2 aromatic rings. The normalized spacial score (nSPS) is 12.4. The van der Waals surface area contributed by atoms with Crippen molar-refractivity contribution in [3.63, 3.8) is 0 Å². The highest BCUT2D eigenvalue weighted by molar-refractivity contribution is 5.37. The number of nitrogens with zero attached hydrogens (tertiary/aromatic N) is 2. The Morgan fingerprint density at radius 1 is 1.42 bits per heavy atom. The molecule has 19 heavy (non-hydrogen) atoms. The van der Waals surface area contributed by atoms with Crippen molar-refractivity contribution in [1.29, 1.82) is 0 Å². The second-order valence-electron chi connectivity index (χ2n) is 4.90. The Morgan fingerprint density at radius 2 is 2.21 bits per heavy atom. The van der Waals surface area contributed by atoms with E-state index in [1.54, 1.807) is 7.11 Å². The summed E-state index contributed by atoms with van der Waals surface area (Å²) in [6.07, 6.45) is 5.76. The molecular weight excluding hydrogens is 238 g/mol. The monoisotopic (exact) mass is 259 g/mol. The standard InChI is InChI=1S/C15H21N3O/c1-11-4-6-13(8-15(11)19-3)14(16)7-5-12-9-17-18(2)10-12/h4,6,8-10,14H,5,7,16H2,1-3H3. The van der Waals surface area contributed by atoms with Crippen LogP contribution in [0, 0.1) is 6.92 Å². The Labute approximate surface area is 114 Å². The predicted octanol–water partition coefficient (Wildman–Crippen LogP) is 2.37. The van der Waals surface area contributed by atoms with Gasteiger partial charge in [-0.15, -0.1) is 0 Å². The van der Waals surface area contributed by atoms with Crippen LogP contribution in [0.3, 0.4) is 0 Å². The molecule has 0 saturated carbocycles. The van der Waals surface area contributed by atoms with Gasteiger partial charge in [0, 0.05) is 19.3 Å². The lowest BCUT2D eigenvalue weighted by molar-refractivity contribution is 0.410. The minimum absolute atomic E-state index is 0.0229. The highest BCUT2D eigenvalue weighted by Gasteiger charge is 2.09. The topological polar surface area (TPSA) is 53.1 Å². The molecule has 2 N–H and O–H groups in total. The van der Waals surface area contributed by atoms with Crippen LogP contribution in [-0.4, -0.2) is 16.9 Å². The maximum atomic E-state index is 6.24. The fourth-order valence-corrected chi connectivity index (χ4v) is 2.16. The number of hydrogen-bond acceptors (Lipinski definition) is 3. The van der Waals surface area contributed by atoms with Crippen molar-refractivity contribution in [2.24, 2.45) is 12.8 Å². The molecule has 2 rings (SSSR count). The lowest BCUT2D eigenvalue weighted by Gasteiger charge is -2.14. The first-order valence-electron chi connectivity index (χ1n) is 6.48. The van der Waals surface area contributed by atoms with Crippen molar-refractivity contribution >= 4 is 0 Å². The Hall–Kier alpha value is -1.81. The fourth-order valence-electron chi connectivity index (χ4n) is 2.16. The molecule has 0 spiro atoms. The smallest absolute Gasteiger partial charge is 0.122 e. The Balaban J connectivity index is 2.01. The van der Waals surface area contributed by atoms with Crippen LogP contribution in [0.5, 0.6) is 5.75 Å². The quantitative estimate of drug-likeness (QED) is 0.897. The first-order chi connectivity index (χ1) is 9.10. The molecule has 1 atom stereocenters. The second kappa shape index (κ2) is 5.89. The molecule has 102 valence electrons. The Kier molecular flexibility index (Phi) is 4.22. The number of aromatic nitrogens is 2. The molecular formula is C15H21N3O. The first-order valence-corrected chi connectivity index (χ1v) is 6.48. The summed E-state index contributed by atoms with van der Waals surface area (Å²) < 4.78 is 7.15. The zero-order valence-corrected chi connectivity index (χ0v) is 11.8. The summed E-state index contributed by atoms with van der Waals surface area (Å²) in [5.41, 5.74) is 9.71. The second-order valence-corrected chi connectivity index (χ2v) is 4.90. The summed E-state index contributed by atoms with van der Waals surface area (Å²) in [6.45, 7) is 2.03. The van der Waals surface area contributed by atoms with Crippen LogP contribution in [0.15, 0.2) is 30.6 Å². The van der Waals surface area contributed by atoms with Crippen molar-refractivity contribution in [2.75, 3.05) is 7.11 Å². The van der Waals surface area contributed by atoms with Crippen molar-refractivity contribution < 1.29 is 4.74 Å². The fraction of sp³-hybridized carbons (Fsp3) is 0.400. The minimum atomic E-state index is 0.0229. The molecule has 4 heteroatoms. The lowest BCUT2D eigenvalue weighted by Crippen LogP contribution is -2.11. The Morgan fingerprint density at radius 3 is 2.84 bits per heavy atom. The number of rotatable bonds is 5. The third-order valence-electron chi connectivity index (χ3n) is 3.36. The Bertz CT molecular complexity index is 548. The molecule has 0 aliphatic carbocycles. The van der Waals surface area contributed by atoms with Crippen LogP contribution in [0.1, 0.15) is 29.2 Å². The van der Waals surface area contributed by atoms with Crippen molar-refractivity contribution in [2.45, 2.75) is 25.8 Å². The summed E-state index contributed by atoms with van der Waals surface area (Å²) in [5, 5.41) is 4.16. The SMILES string of the molecule is COc1cc(C(N)CCc2cnn(C)c2)ccc1C. The number of aryl methyl sites for hydroxylation is 3. The molecule has 4 nitrogen and oxygen atoms in total. The van der Waals surface area contributed by atoms with Crippen LogP contribution >= 0.6 is 0 Å². The van der Waals surface area contributed by atoms with Gasteiger partial charge in [0.15, 0.2) is 0 Å². The highest BCUT2D eigenvalue weighted by atomic mass is 16.5. The maximum Gasteiger partial charge on any atom is 0.122 e. The summed E-state index contributed by atoms with van der Waals surface area (Å²) in [6, 6.07) is 6.18. The van der Waals surface area contributed by atoms with Gasteiger partial charge in [0.05, 0.1) is 13.3 Å². The van der Waals surface area contributed by atoms with E-state index in [2.05, 4.69) is 17.2 Å². The van der Waals surface area contributed by atoms with Gasteiger partial charge in [0.1, 0.15) is 5.75 Å². The molecule has 0 fully saturated rings. The number of hydrogen-bond donors (Lipinski definition) is 1. The van der Waals surface area contributed by atoms with Gasteiger partial charge in [-0.1, -0.05) is 12.1 Å². The van der Waals surface area contributed by atoms with E-state index in [1.165, 1.54) is 5.56 Å². The average Bonchev–Trinajstić information content (AvgIpc) is 2.82. The molecule has 1 aromatic heterocycles. The molecule has 1 aromatic carbocycles. The van der Waals surface area contributed by atoms with Gasteiger partial charge in [-0.2, -0.15) is 5.10 Å². The zero-order valence-electron chi connectivity index (χ0n) is 11.8. The zero-order chi connectivity index (χ0) is 13.8. The van der Waals surface area contributed by atoms with Gasteiger partial charge in [0.2, 0.25) is 0 Å². The van der Waals surface area contributed by atoms with E-state index in [0.29, 0.717) is 0 Å². The number of benzene rings is 1. The van der Waals surface area contributed by atoms with Gasteiger partial charge in [-0.25, -0.2) is 0 Å². The third kappa shape index (κ3) is 3.35. The third-order valence-corrected chi connectivity index (χ3v) is 3.36. The molecule has 0 bridgehead atoms. The van der Waals surface area contributed by atoms with E-state index in [4.69, 9.17) is 10.5 Å². The number of nitrogens with two attached hydrogens (primary N) is 1. The van der Waals surface area contributed by atoms with Gasteiger partial charge in [0.25, 0.3) is 0 Å². The summed E-state index contributed by atoms with van der Waals surface area (Å²) in [7, 11) is 3.61. The van der Waals surface area contributed by atoms with E-state index in [0.717, 1.165) is 29.7 Å².